The third-order valence-electron chi connectivity index (χ3n) is 6.21. The first-order valence-electron chi connectivity index (χ1n) is 11.3. The summed E-state index contributed by atoms with van der Waals surface area (Å²) in [4.78, 5) is 41.2. The molecular weight excluding hydrogens is 396 g/mol. The molecule has 1 heterocycles. The molecule has 1 saturated heterocycles. The number of rotatable bonds is 7. The zero-order chi connectivity index (χ0) is 23.7. The van der Waals surface area contributed by atoms with Crippen molar-refractivity contribution in [1.82, 2.24) is 10.2 Å². The quantitative estimate of drug-likeness (QED) is 0.472. The van der Waals surface area contributed by atoms with Crippen LogP contribution in [0.25, 0.3) is 0 Å². The number of amides is 2. The molecule has 0 aromatic heterocycles. The number of hydrogen-bond acceptors (Lipinski definition) is 5. The summed E-state index contributed by atoms with van der Waals surface area (Å²) >= 11 is 0. The van der Waals surface area contributed by atoms with Crippen molar-refractivity contribution in [3.05, 3.63) is 12.2 Å². The minimum Gasteiger partial charge on any atom is -0.466 e. The zero-order valence-corrected chi connectivity index (χ0v) is 20.3. The van der Waals surface area contributed by atoms with Crippen LogP contribution in [0.3, 0.4) is 0 Å². The molecule has 0 aromatic carbocycles. The van der Waals surface area contributed by atoms with Crippen molar-refractivity contribution in [2.45, 2.75) is 79.4 Å². The molecule has 0 saturated carbocycles. The van der Waals surface area contributed by atoms with E-state index in [-0.39, 0.29) is 36.4 Å². The van der Waals surface area contributed by atoms with Gasteiger partial charge in [0.05, 0.1) is 31.1 Å². The Kier molecular flexibility index (Phi) is 7.62. The third kappa shape index (κ3) is 5.48. The van der Waals surface area contributed by atoms with E-state index in [2.05, 4.69) is 26.1 Å². The van der Waals surface area contributed by atoms with Crippen LogP contribution in [0, 0.1) is 29.1 Å². The van der Waals surface area contributed by atoms with Gasteiger partial charge in [0.15, 0.2) is 0 Å². The Morgan fingerprint density at radius 1 is 1.23 bits per heavy atom. The number of carbonyl (C=O) groups excluding carboxylic acids is 3. The predicted octanol–water partition coefficient (Wildman–Crippen LogP) is 2.53. The van der Waals surface area contributed by atoms with Gasteiger partial charge in [0.2, 0.25) is 11.8 Å². The maximum absolute atomic E-state index is 13.5. The van der Waals surface area contributed by atoms with E-state index in [1.807, 2.05) is 32.9 Å². The molecular formula is C24H40N2O5. The number of nitrogens with one attached hydrogen (secondary N) is 1. The number of allylic oxidation sites excluding steroid dienone is 1. The van der Waals surface area contributed by atoms with Crippen molar-refractivity contribution in [1.29, 1.82) is 0 Å². The van der Waals surface area contributed by atoms with Gasteiger partial charge in [0, 0.05) is 11.5 Å². The number of nitrogens with zero attached hydrogens (tertiary/aromatic N) is 1. The number of fused-ring (bicyclic) bond motifs is 1. The van der Waals surface area contributed by atoms with E-state index in [4.69, 9.17) is 4.74 Å². The lowest BCUT2D eigenvalue weighted by molar-refractivity contribution is -0.155. The van der Waals surface area contributed by atoms with Crippen molar-refractivity contribution in [3.63, 3.8) is 0 Å². The molecule has 0 spiro atoms. The molecule has 31 heavy (non-hydrogen) atoms. The molecule has 2 aliphatic rings. The lowest BCUT2D eigenvalue weighted by Crippen LogP contribution is -2.56. The van der Waals surface area contributed by atoms with E-state index in [0.29, 0.717) is 0 Å². The summed E-state index contributed by atoms with van der Waals surface area (Å²) in [6, 6.07) is -1.31. The molecule has 7 heteroatoms. The van der Waals surface area contributed by atoms with Crippen LogP contribution in [0.2, 0.25) is 0 Å². The highest BCUT2D eigenvalue weighted by Gasteiger charge is 2.58. The van der Waals surface area contributed by atoms with Crippen LogP contribution in [0.5, 0.6) is 0 Å². The van der Waals surface area contributed by atoms with Crippen LogP contribution in [0.15, 0.2) is 12.2 Å². The number of aliphatic hydroxyl groups excluding tert-OH is 1. The fraction of sp³-hybridized carbons (Fsp3) is 0.792. The minimum absolute atomic E-state index is 0.0120. The first-order valence-corrected chi connectivity index (χ1v) is 11.3. The second-order valence-electron chi connectivity index (χ2n) is 11.0. The smallest absolute Gasteiger partial charge is 0.310 e. The van der Waals surface area contributed by atoms with Crippen LogP contribution < -0.4 is 5.32 Å². The maximum Gasteiger partial charge on any atom is 0.310 e. The number of ether oxygens (including phenoxy) is 1. The lowest BCUT2D eigenvalue weighted by Gasteiger charge is -2.37. The minimum atomic E-state index is -0.778. The summed E-state index contributed by atoms with van der Waals surface area (Å²) in [6.07, 6.45) is 4.56. The zero-order valence-electron chi connectivity index (χ0n) is 20.3. The van der Waals surface area contributed by atoms with Gasteiger partial charge in [0.25, 0.3) is 0 Å². The molecule has 7 nitrogen and oxygen atoms in total. The average molecular weight is 437 g/mol. The SMILES string of the molecule is CCOC(=O)[C@H]1[C@H]2C(=O)N([C@H](C)CO)[C@H](C(=O)NC(C)(C)CC(C)(C)C)[C@H]2C=C[C@H]1C. The Morgan fingerprint density at radius 3 is 2.35 bits per heavy atom. The van der Waals surface area contributed by atoms with Gasteiger partial charge < -0.3 is 20.1 Å². The molecule has 1 aliphatic heterocycles. The van der Waals surface area contributed by atoms with Crippen LogP contribution in [0.1, 0.15) is 61.8 Å². The normalized spacial score (nSPS) is 29.5. The number of aliphatic hydroxyl groups is 1. The maximum atomic E-state index is 13.5. The summed E-state index contributed by atoms with van der Waals surface area (Å²) < 4.78 is 5.27. The summed E-state index contributed by atoms with van der Waals surface area (Å²) in [5.41, 5.74) is -0.463. The first kappa shape index (κ1) is 25.4. The Morgan fingerprint density at radius 2 is 1.84 bits per heavy atom. The van der Waals surface area contributed by atoms with Crippen molar-refractivity contribution in [3.8, 4) is 0 Å². The lowest BCUT2D eigenvalue weighted by atomic mass is 9.70. The molecule has 2 N–H and O–H groups in total. The molecule has 176 valence electrons. The van der Waals surface area contributed by atoms with Crippen LogP contribution in [0.4, 0.5) is 0 Å². The van der Waals surface area contributed by atoms with Gasteiger partial charge >= 0.3 is 5.97 Å². The largest absolute Gasteiger partial charge is 0.466 e. The number of hydrogen-bond donors (Lipinski definition) is 2. The Bertz CT molecular complexity index is 724. The predicted molar refractivity (Wildman–Crippen MR) is 119 cm³/mol. The van der Waals surface area contributed by atoms with E-state index in [0.717, 1.165) is 6.42 Å². The molecule has 2 rings (SSSR count). The fourth-order valence-electron chi connectivity index (χ4n) is 5.48. The first-order chi connectivity index (χ1) is 14.2. The highest BCUT2D eigenvalue weighted by atomic mass is 16.5. The molecule has 1 fully saturated rings. The molecule has 0 aromatic rings. The highest BCUT2D eigenvalue weighted by Crippen LogP contribution is 2.45. The van der Waals surface area contributed by atoms with E-state index in [9.17, 15) is 19.5 Å². The second-order valence-corrected chi connectivity index (χ2v) is 11.0. The van der Waals surface area contributed by atoms with E-state index < -0.39 is 41.3 Å². The van der Waals surface area contributed by atoms with Crippen molar-refractivity contribution in [2.24, 2.45) is 29.1 Å². The second kappa shape index (κ2) is 9.31. The van der Waals surface area contributed by atoms with Gasteiger partial charge in [-0.05, 0) is 45.4 Å². The number of likely N-dealkylation sites (tertiary alicyclic amines) is 1. The number of carbonyl (C=O) groups is 3. The van der Waals surface area contributed by atoms with E-state index in [1.54, 1.807) is 13.8 Å². The molecule has 0 bridgehead atoms. The Hall–Kier alpha value is -1.89. The van der Waals surface area contributed by atoms with Gasteiger partial charge in [-0.3, -0.25) is 14.4 Å². The standard InChI is InChI=1S/C24H40N2O5/c1-9-31-22(30)17-14(2)10-11-16-18(17)21(29)26(15(3)12-27)19(16)20(28)25-24(7,8)13-23(4,5)6/h10-11,14-19,27H,9,12-13H2,1-8H3,(H,25,28)/t14-,15-,16+,17-,18+,19+/m1/s1. The van der Waals surface area contributed by atoms with Crippen LogP contribution in [-0.4, -0.2) is 58.6 Å². The van der Waals surface area contributed by atoms with Gasteiger partial charge in [-0.2, -0.15) is 0 Å². The molecule has 0 unspecified atom stereocenters. The van der Waals surface area contributed by atoms with E-state index in [1.165, 1.54) is 4.90 Å². The van der Waals surface area contributed by atoms with Crippen LogP contribution in [-0.2, 0) is 19.1 Å². The molecule has 0 radical (unpaired) electrons. The van der Waals surface area contributed by atoms with Crippen molar-refractivity contribution < 1.29 is 24.2 Å². The van der Waals surface area contributed by atoms with Crippen LogP contribution >= 0.6 is 0 Å². The van der Waals surface area contributed by atoms with Gasteiger partial charge in [0.1, 0.15) is 6.04 Å². The van der Waals surface area contributed by atoms with Gasteiger partial charge in [-0.1, -0.05) is 39.8 Å². The van der Waals surface area contributed by atoms with Gasteiger partial charge in [-0.25, -0.2) is 0 Å². The third-order valence-corrected chi connectivity index (χ3v) is 6.21. The molecule has 1 aliphatic carbocycles. The summed E-state index contributed by atoms with van der Waals surface area (Å²) in [5.74, 6) is -2.86. The fourth-order valence-corrected chi connectivity index (χ4v) is 5.48. The summed E-state index contributed by atoms with van der Waals surface area (Å²) in [6.45, 7) is 15.6. The molecule has 2 amide bonds. The molecule has 6 atom stereocenters. The summed E-state index contributed by atoms with van der Waals surface area (Å²) in [7, 11) is 0. The monoisotopic (exact) mass is 436 g/mol. The van der Waals surface area contributed by atoms with Crippen molar-refractivity contribution >= 4 is 17.8 Å². The van der Waals surface area contributed by atoms with Crippen molar-refractivity contribution in [2.75, 3.05) is 13.2 Å². The number of esters is 1. The average Bonchev–Trinajstić information content (AvgIpc) is 2.91. The summed E-state index contributed by atoms with van der Waals surface area (Å²) in [5, 5.41) is 12.9. The Balaban J connectivity index is 2.42. The highest BCUT2D eigenvalue weighted by molar-refractivity contribution is 5.96. The topological polar surface area (TPSA) is 95.9 Å². The Labute approximate surface area is 186 Å². The van der Waals surface area contributed by atoms with Gasteiger partial charge in [-0.15, -0.1) is 0 Å². The van der Waals surface area contributed by atoms with E-state index >= 15 is 0 Å².